The van der Waals surface area contributed by atoms with Crippen LogP contribution in [0, 0.1) is 0 Å². The van der Waals surface area contributed by atoms with Crippen LogP contribution in [0.3, 0.4) is 0 Å². The molecule has 4 aromatic rings. The van der Waals surface area contributed by atoms with E-state index in [1.54, 1.807) is 12.1 Å². The molecule has 42 heavy (non-hydrogen) atoms. The maximum atomic E-state index is 13.2. The van der Waals surface area contributed by atoms with Crippen LogP contribution in [-0.2, 0) is 21.3 Å². The lowest BCUT2D eigenvalue weighted by Gasteiger charge is -2.26. The third-order valence-electron chi connectivity index (χ3n) is 7.99. The molecule has 0 spiro atoms. The molecule has 2 saturated heterocycles. The van der Waals surface area contributed by atoms with E-state index < -0.39 is 10.0 Å². The molecule has 0 bridgehead atoms. The third-order valence-corrected chi connectivity index (χ3v) is 9.76. The van der Waals surface area contributed by atoms with Crippen molar-refractivity contribution >= 4 is 43.9 Å². The number of aromatic amines is 1. The number of rotatable bonds is 9. The quantitative estimate of drug-likeness (QED) is 0.198. The average Bonchev–Trinajstić information content (AvgIpc) is 3.64. The maximum absolute atomic E-state index is 13.2. The van der Waals surface area contributed by atoms with E-state index in [0.29, 0.717) is 39.5 Å². The summed E-state index contributed by atoms with van der Waals surface area (Å²) in [6.07, 6.45) is 5.34. The first-order valence-corrected chi connectivity index (χ1v) is 16.3. The third kappa shape index (κ3) is 6.40. The van der Waals surface area contributed by atoms with Crippen molar-refractivity contribution in [3.8, 4) is 5.88 Å². The van der Waals surface area contributed by atoms with Gasteiger partial charge in [0, 0.05) is 41.2 Å². The molecule has 2 fully saturated rings. The zero-order valence-corrected chi connectivity index (χ0v) is 24.9. The van der Waals surface area contributed by atoms with Crippen molar-refractivity contribution in [2.45, 2.75) is 49.6 Å². The van der Waals surface area contributed by atoms with Gasteiger partial charge in [-0.05, 0) is 74.7 Å². The highest BCUT2D eigenvalue weighted by Crippen LogP contribution is 2.34. The minimum absolute atomic E-state index is 0.0951. The Morgan fingerprint density at radius 1 is 1.05 bits per heavy atom. The minimum Gasteiger partial charge on any atom is -0.494 e. The summed E-state index contributed by atoms with van der Waals surface area (Å²) < 4.78 is 34.7. The van der Waals surface area contributed by atoms with Crippen LogP contribution in [0.5, 0.6) is 5.88 Å². The number of likely N-dealkylation sites (tertiary alicyclic amines) is 1. The first kappa shape index (κ1) is 28.9. The molecular formula is C32H35ClN4O4S. The van der Waals surface area contributed by atoms with E-state index >= 15 is 0 Å². The first-order chi connectivity index (χ1) is 20.4. The van der Waals surface area contributed by atoms with Crippen LogP contribution in [0.4, 0.5) is 5.69 Å². The van der Waals surface area contributed by atoms with Crippen LogP contribution in [0.1, 0.15) is 48.8 Å². The Balaban J connectivity index is 1.37. The van der Waals surface area contributed by atoms with E-state index in [-0.39, 0.29) is 23.4 Å². The molecule has 0 aliphatic carbocycles. The van der Waals surface area contributed by atoms with Crippen molar-refractivity contribution in [1.29, 1.82) is 0 Å². The van der Waals surface area contributed by atoms with Gasteiger partial charge in [0.05, 0.1) is 28.0 Å². The second-order valence-electron chi connectivity index (χ2n) is 11.0. The van der Waals surface area contributed by atoms with Gasteiger partial charge in [0.2, 0.25) is 10.0 Å². The smallest absolute Gasteiger partial charge is 0.240 e. The van der Waals surface area contributed by atoms with Crippen molar-refractivity contribution in [3.63, 3.8) is 0 Å². The number of aliphatic imine (C=N–C) groups is 1. The van der Waals surface area contributed by atoms with Gasteiger partial charge >= 0.3 is 0 Å². The van der Waals surface area contributed by atoms with Crippen molar-refractivity contribution < 1.29 is 18.3 Å². The second-order valence-corrected chi connectivity index (χ2v) is 13.2. The van der Waals surface area contributed by atoms with E-state index in [1.165, 1.54) is 25.3 Å². The molecule has 3 N–H and O–H groups in total. The molecule has 1 aromatic heterocycles. The minimum atomic E-state index is -3.81. The van der Waals surface area contributed by atoms with Crippen molar-refractivity contribution in [2.24, 2.45) is 4.99 Å². The molecule has 1 unspecified atom stereocenters. The highest BCUT2D eigenvalue weighted by molar-refractivity contribution is 7.89. The lowest BCUT2D eigenvalue weighted by atomic mass is 10.0. The molecular weight excluding hydrogens is 572 g/mol. The summed E-state index contributed by atoms with van der Waals surface area (Å²) in [5, 5.41) is 12.3. The Morgan fingerprint density at radius 2 is 1.86 bits per heavy atom. The fourth-order valence-corrected chi connectivity index (χ4v) is 7.06. The second kappa shape index (κ2) is 12.6. The maximum Gasteiger partial charge on any atom is 0.240 e. The number of hydrogen-bond acceptors (Lipinski definition) is 6. The molecule has 3 heterocycles. The van der Waals surface area contributed by atoms with Gasteiger partial charge in [-0.2, -0.15) is 0 Å². The predicted molar refractivity (Wildman–Crippen MR) is 166 cm³/mol. The molecule has 2 aliphatic rings. The number of piperidine rings is 1. The Hall–Kier alpha value is -3.21. The number of aromatic nitrogens is 1. The largest absolute Gasteiger partial charge is 0.494 e. The summed E-state index contributed by atoms with van der Waals surface area (Å²) in [5.41, 5.74) is 3.98. The normalized spacial score (nSPS) is 18.6. The summed E-state index contributed by atoms with van der Waals surface area (Å²) in [6.45, 7) is 3.83. The molecule has 3 aromatic carbocycles. The number of nitrogens with zero attached hydrogens (tertiary/aromatic N) is 2. The topological polar surface area (TPSA) is 107 Å². The molecule has 8 nitrogen and oxygen atoms in total. The standard InChI is InChI=1S/C32H35ClN4O4S/c33-28-18-24(12-11-23(28)21-37-15-5-2-6-16-37)35-31(22-8-3-1-4-9-22)30-27-19-26(13-14-29(27)36-32(30)38)42(39,40)34-20-25-10-7-17-41-25/h1,3-4,8-9,11-14,18-19,25,34,36,38H,2,5-7,10,15-17,20-21H2. The Labute approximate surface area is 251 Å². The van der Waals surface area contributed by atoms with E-state index in [9.17, 15) is 13.5 Å². The highest BCUT2D eigenvalue weighted by atomic mass is 35.5. The number of ether oxygens (including phenoxy) is 1. The van der Waals surface area contributed by atoms with Crippen LogP contribution in [-0.4, -0.2) is 61.5 Å². The molecule has 2 aliphatic heterocycles. The number of H-pyrrole nitrogens is 1. The summed E-state index contributed by atoms with van der Waals surface area (Å²) in [6, 6.07) is 20.1. The Bertz CT molecular complexity index is 1690. The van der Waals surface area contributed by atoms with Gasteiger partial charge in [0.25, 0.3) is 0 Å². The lowest BCUT2D eigenvalue weighted by Crippen LogP contribution is -2.31. The van der Waals surface area contributed by atoms with E-state index in [0.717, 1.165) is 43.6 Å². The summed E-state index contributed by atoms with van der Waals surface area (Å²) in [4.78, 5) is 10.5. The molecule has 6 rings (SSSR count). The van der Waals surface area contributed by atoms with Crippen molar-refractivity contribution in [1.82, 2.24) is 14.6 Å². The number of hydrogen-bond donors (Lipinski definition) is 3. The first-order valence-electron chi connectivity index (χ1n) is 14.5. The monoisotopic (exact) mass is 606 g/mol. The SMILES string of the molecule is O=S(=O)(NCC1CCCO1)c1ccc2[nH]c(O)c(C(=Nc3ccc(CN4CCCCC4)c(Cl)c3)c3ccccc3)c2c1. The molecule has 0 radical (unpaired) electrons. The molecule has 10 heteroatoms. The van der Waals surface area contributed by atoms with Gasteiger partial charge in [-0.3, -0.25) is 4.90 Å². The zero-order chi connectivity index (χ0) is 29.1. The fourth-order valence-electron chi connectivity index (χ4n) is 5.74. The number of fused-ring (bicyclic) bond motifs is 1. The molecule has 1 atom stereocenters. The highest BCUT2D eigenvalue weighted by Gasteiger charge is 2.24. The van der Waals surface area contributed by atoms with Gasteiger partial charge in [-0.15, -0.1) is 0 Å². The zero-order valence-electron chi connectivity index (χ0n) is 23.4. The van der Waals surface area contributed by atoms with Gasteiger partial charge < -0.3 is 14.8 Å². The van der Waals surface area contributed by atoms with Gasteiger partial charge in [-0.1, -0.05) is 54.4 Å². The molecule has 220 valence electrons. The number of aromatic hydroxyl groups is 1. The van der Waals surface area contributed by atoms with Crippen LogP contribution < -0.4 is 4.72 Å². The van der Waals surface area contributed by atoms with Crippen molar-refractivity contribution in [3.05, 3.63) is 88.4 Å². The van der Waals surface area contributed by atoms with Crippen LogP contribution in [0.2, 0.25) is 5.02 Å². The number of halogens is 1. The van der Waals surface area contributed by atoms with Crippen LogP contribution >= 0.6 is 11.6 Å². The van der Waals surface area contributed by atoms with Crippen LogP contribution in [0.15, 0.2) is 76.6 Å². The fraction of sp³-hybridized carbons (Fsp3) is 0.344. The molecule has 0 amide bonds. The number of nitrogens with one attached hydrogen (secondary N) is 2. The number of benzene rings is 3. The Morgan fingerprint density at radius 3 is 2.60 bits per heavy atom. The number of sulfonamides is 1. The van der Waals surface area contributed by atoms with E-state index in [4.69, 9.17) is 21.3 Å². The van der Waals surface area contributed by atoms with Crippen LogP contribution in [0.25, 0.3) is 10.9 Å². The Kier molecular flexibility index (Phi) is 8.65. The van der Waals surface area contributed by atoms with Gasteiger partial charge in [0.15, 0.2) is 5.88 Å². The van der Waals surface area contributed by atoms with Crippen molar-refractivity contribution in [2.75, 3.05) is 26.2 Å². The lowest BCUT2D eigenvalue weighted by molar-refractivity contribution is 0.114. The average molecular weight is 607 g/mol. The van der Waals surface area contributed by atoms with E-state index in [2.05, 4.69) is 14.6 Å². The summed E-state index contributed by atoms with van der Waals surface area (Å²) >= 11 is 6.74. The predicted octanol–water partition coefficient (Wildman–Crippen LogP) is 6.14. The molecule has 0 saturated carbocycles. The van der Waals surface area contributed by atoms with Gasteiger partial charge in [0.1, 0.15) is 0 Å². The summed E-state index contributed by atoms with van der Waals surface area (Å²) in [7, 11) is -3.81. The summed E-state index contributed by atoms with van der Waals surface area (Å²) in [5.74, 6) is -0.0951. The van der Waals surface area contributed by atoms with E-state index in [1.807, 2.05) is 48.5 Å². The van der Waals surface area contributed by atoms with Gasteiger partial charge in [-0.25, -0.2) is 18.1 Å².